The van der Waals surface area contributed by atoms with E-state index in [9.17, 15) is 17.2 Å². The van der Waals surface area contributed by atoms with Gasteiger partial charge in [0.1, 0.15) is 11.6 Å². The molecule has 3 nitrogen and oxygen atoms in total. The Hall–Kier alpha value is -1.66. The summed E-state index contributed by atoms with van der Waals surface area (Å²) in [6.07, 6.45) is 0. The molecule has 0 aliphatic carbocycles. The first-order chi connectivity index (χ1) is 9.29. The molecule has 0 aliphatic heterocycles. The molecule has 0 bridgehead atoms. The Bertz CT molecular complexity index is 763. The fourth-order valence-corrected chi connectivity index (χ4v) is 2.88. The molecule has 0 heterocycles. The summed E-state index contributed by atoms with van der Waals surface area (Å²) in [6.45, 7) is 1.52. The Kier molecular flexibility index (Phi) is 3.96. The normalized spacial score (nSPS) is 11.4. The predicted molar refractivity (Wildman–Crippen MR) is 73.4 cm³/mol. The van der Waals surface area contributed by atoms with Gasteiger partial charge < -0.3 is 0 Å². The molecule has 106 valence electrons. The van der Waals surface area contributed by atoms with E-state index in [0.717, 1.165) is 18.2 Å². The Morgan fingerprint density at radius 3 is 2.40 bits per heavy atom. The van der Waals surface area contributed by atoms with Gasteiger partial charge in [-0.15, -0.1) is 0 Å². The van der Waals surface area contributed by atoms with Crippen LogP contribution in [0.1, 0.15) is 5.56 Å². The highest BCUT2D eigenvalue weighted by Gasteiger charge is 2.17. The van der Waals surface area contributed by atoms with Gasteiger partial charge in [-0.25, -0.2) is 17.2 Å². The highest BCUT2D eigenvalue weighted by atomic mass is 35.5. The molecule has 0 amide bonds. The summed E-state index contributed by atoms with van der Waals surface area (Å²) >= 11 is 5.74. The summed E-state index contributed by atoms with van der Waals surface area (Å²) in [5, 5.41) is -0.0823. The van der Waals surface area contributed by atoms with E-state index < -0.39 is 21.7 Å². The number of sulfonamides is 1. The van der Waals surface area contributed by atoms with Crippen molar-refractivity contribution in [1.82, 2.24) is 0 Å². The SMILES string of the molecule is Cc1ccc(S(=O)(=O)Nc2ccc(F)cc2Cl)cc1F. The molecular weight excluding hydrogens is 308 g/mol. The van der Waals surface area contributed by atoms with E-state index >= 15 is 0 Å². The lowest BCUT2D eigenvalue weighted by Gasteiger charge is -2.10. The first kappa shape index (κ1) is 14.7. The van der Waals surface area contributed by atoms with Crippen molar-refractivity contribution in [2.24, 2.45) is 0 Å². The minimum atomic E-state index is -3.98. The molecule has 2 aromatic carbocycles. The molecule has 0 saturated carbocycles. The van der Waals surface area contributed by atoms with Crippen molar-refractivity contribution >= 4 is 27.3 Å². The zero-order chi connectivity index (χ0) is 14.9. The van der Waals surface area contributed by atoms with Crippen LogP contribution in [-0.4, -0.2) is 8.42 Å². The smallest absolute Gasteiger partial charge is 0.262 e. The number of benzene rings is 2. The molecule has 0 saturated heterocycles. The molecule has 20 heavy (non-hydrogen) atoms. The molecule has 0 atom stereocenters. The maximum Gasteiger partial charge on any atom is 0.262 e. The third-order valence-electron chi connectivity index (χ3n) is 2.63. The lowest BCUT2D eigenvalue weighted by molar-refractivity contribution is 0.593. The van der Waals surface area contributed by atoms with Gasteiger partial charge in [0.25, 0.3) is 10.0 Å². The number of hydrogen-bond donors (Lipinski definition) is 1. The number of anilines is 1. The second-order valence-corrected chi connectivity index (χ2v) is 6.23. The first-order valence-electron chi connectivity index (χ1n) is 5.53. The number of rotatable bonds is 3. The molecule has 0 aromatic heterocycles. The van der Waals surface area contributed by atoms with Crippen LogP contribution in [0.15, 0.2) is 41.3 Å². The lowest BCUT2D eigenvalue weighted by Crippen LogP contribution is -2.13. The molecule has 0 radical (unpaired) electrons. The van der Waals surface area contributed by atoms with E-state index in [4.69, 9.17) is 11.6 Å². The van der Waals surface area contributed by atoms with Crippen LogP contribution in [0.3, 0.4) is 0 Å². The zero-order valence-corrected chi connectivity index (χ0v) is 11.9. The van der Waals surface area contributed by atoms with Crippen molar-refractivity contribution in [3.63, 3.8) is 0 Å². The van der Waals surface area contributed by atoms with Gasteiger partial charge in [0, 0.05) is 0 Å². The van der Waals surface area contributed by atoms with Crippen LogP contribution in [-0.2, 0) is 10.0 Å². The Morgan fingerprint density at radius 2 is 1.80 bits per heavy atom. The summed E-state index contributed by atoms with van der Waals surface area (Å²) in [5.74, 6) is -1.21. The Balaban J connectivity index is 2.38. The van der Waals surface area contributed by atoms with Gasteiger partial charge in [0.15, 0.2) is 0 Å². The second-order valence-electron chi connectivity index (χ2n) is 4.14. The van der Waals surface area contributed by atoms with E-state index in [0.29, 0.717) is 5.56 Å². The maximum absolute atomic E-state index is 13.4. The average Bonchev–Trinajstić information content (AvgIpc) is 2.36. The minimum absolute atomic E-state index is 0.0223. The molecule has 0 fully saturated rings. The largest absolute Gasteiger partial charge is 0.278 e. The number of nitrogens with one attached hydrogen (secondary N) is 1. The van der Waals surface area contributed by atoms with Crippen LogP contribution in [0, 0.1) is 18.6 Å². The molecule has 2 aromatic rings. The van der Waals surface area contributed by atoms with Crippen LogP contribution in [0.4, 0.5) is 14.5 Å². The van der Waals surface area contributed by atoms with E-state index in [-0.39, 0.29) is 15.6 Å². The third kappa shape index (κ3) is 3.08. The van der Waals surface area contributed by atoms with Gasteiger partial charge in [0.2, 0.25) is 0 Å². The molecular formula is C13H10ClF2NO2S. The summed E-state index contributed by atoms with van der Waals surface area (Å²) in [4.78, 5) is -0.235. The van der Waals surface area contributed by atoms with Crippen LogP contribution >= 0.6 is 11.6 Å². The number of hydrogen-bond acceptors (Lipinski definition) is 2. The van der Waals surface area contributed by atoms with E-state index in [2.05, 4.69) is 4.72 Å². The summed E-state index contributed by atoms with van der Waals surface area (Å²) < 4.78 is 52.6. The zero-order valence-electron chi connectivity index (χ0n) is 10.3. The molecule has 7 heteroatoms. The fourth-order valence-electron chi connectivity index (χ4n) is 1.52. The highest BCUT2D eigenvalue weighted by molar-refractivity contribution is 7.92. The summed E-state index contributed by atoms with van der Waals surface area (Å²) in [6, 6.07) is 6.79. The van der Waals surface area contributed by atoms with Crippen molar-refractivity contribution in [1.29, 1.82) is 0 Å². The van der Waals surface area contributed by atoms with Crippen molar-refractivity contribution < 1.29 is 17.2 Å². The van der Waals surface area contributed by atoms with E-state index in [1.807, 2.05) is 0 Å². The standard InChI is InChI=1S/C13H10ClF2NO2S/c1-8-2-4-10(7-12(8)16)20(18,19)17-13-5-3-9(15)6-11(13)14/h2-7,17H,1H3. The molecule has 1 N–H and O–H groups in total. The van der Waals surface area contributed by atoms with E-state index in [1.165, 1.54) is 25.1 Å². The molecule has 0 spiro atoms. The lowest BCUT2D eigenvalue weighted by atomic mass is 10.2. The van der Waals surface area contributed by atoms with Gasteiger partial charge in [-0.05, 0) is 42.8 Å². The number of halogens is 3. The third-order valence-corrected chi connectivity index (χ3v) is 4.30. The summed E-state index contributed by atoms with van der Waals surface area (Å²) in [7, 11) is -3.98. The topological polar surface area (TPSA) is 46.2 Å². The quantitative estimate of drug-likeness (QED) is 0.937. The van der Waals surface area contributed by atoms with Crippen LogP contribution < -0.4 is 4.72 Å². The molecule has 0 aliphatic rings. The molecule has 2 rings (SSSR count). The highest BCUT2D eigenvalue weighted by Crippen LogP contribution is 2.25. The van der Waals surface area contributed by atoms with Gasteiger partial charge in [-0.3, -0.25) is 4.72 Å². The monoisotopic (exact) mass is 317 g/mol. The molecule has 0 unspecified atom stereocenters. The predicted octanol–water partition coefficient (Wildman–Crippen LogP) is 3.73. The Morgan fingerprint density at radius 1 is 1.10 bits per heavy atom. The van der Waals surface area contributed by atoms with Crippen LogP contribution in [0.25, 0.3) is 0 Å². The van der Waals surface area contributed by atoms with Crippen molar-refractivity contribution in [2.45, 2.75) is 11.8 Å². The first-order valence-corrected chi connectivity index (χ1v) is 7.40. The fraction of sp³-hybridized carbons (Fsp3) is 0.0769. The van der Waals surface area contributed by atoms with Gasteiger partial charge in [-0.1, -0.05) is 17.7 Å². The van der Waals surface area contributed by atoms with Gasteiger partial charge >= 0.3 is 0 Å². The van der Waals surface area contributed by atoms with E-state index in [1.54, 1.807) is 0 Å². The average molecular weight is 318 g/mol. The van der Waals surface area contributed by atoms with Crippen molar-refractivity contribution in [3.8, 4) is 0 Å². The van der Waals surface area contributed by atoms with Crippen molar-refractivity contribution in [2.75, 3.05) is 4.72 Å². The Labute approximate surface area is 120 Å². The van der Waals surface area contributed by atoms with Crippen LogP contribution in [0.5, 0.6) is 0 Å². The minimum Gasteiger partial charge on any atom is -0.278 e. The maximum atomic E-state index is 13.4. The van der Waals surface area contributed by atoms with Crippen molar-refractivity contribution in [3.05, 3.63) is 58.6 Å². The van der Waals surface area contributed by atoms with Gasteiger partial charge in [-0.2, -0.15) is 0 Å². The van der Waals surface area contributed by atoms with Gasteiger partial charge in [0.05, 0.1) is 15.6 Å². The van der Waals surface area contributed by atoms with Crippen LogP contribution in [0.2, 0.25) is 5.02 Å². The second kappa shape index (κ2) is 5.38. The summed E-state index contributed by atoms with van der Waals surface area (Å²) in [5.41, 5.74) is 0.359. The number of aryl methyl sites for hydroxylation is 1.